The van der Waals surface area contributed by atoms with Gasteiger partial charge in [0, 0.05) is 24.7 Å². The lowest BCUT2D eigenvalue weighted by atomic mass is 10.4. The van der Waals surface area contributed by atoms with Crippen molar-refractivity contribution in [1.82, 2.24) is 9.97 Å². The first-order valence-electron chi connectivity index (χ1n) is 4.26. The number of thiol groups is 1. The van der Waals surface area contributed by atoms with Crippen molar-refractivity contribution in [3.05, 3.63) is 11.8 Å². The van der Waals surface area contributed by atoms with Gasteiger partial charge in [0.05, 0.1) is 0 Å². The molecule has 1 aromatic heterocycles. The number of aromatic nitrogens is 2. The van der Waals surface area contributed by atoms with Gasteiger partial charge in [-0.1, -0.05) is 0 Å². The fraction of sp³-hybridized carbons (Fsp3) is 0.500. The summed E-state index contributed by atoms with van der Waals surface area (Å²) in [7, 11) is -1.64. The van der Waals surface area contributed by atoms with Gasteiger partial charge in [-0.25, -0.2) is 4.98 Å². The molecule has 0 spiro atoms. The van der Waals surface area contributed by atoms with Crippen LogP contribution in [0.5, 0.6) is 11.9 Å². The fourth-order valence-corrected chi connectivity index (χ4v) is 1.72. The number of aryl methyl sites for hydroxylation is 1. The van der Waals surface area contributed by atoms with Gasteiger partial charge in [-0.2, -0.15) is 4.98 Å². The summed E-state index contributed by atoms with van der Waals surface area (Å²) in [5.74, 6) is 0.586. The van der Waals surface area contributed by atoms with Crippen molar-refractivity contribution >= 4 is 21.2 Å². The predicted molar refractivity (Wildman–Crippen MR) is 60.4 cm³/mol. The Kier molecular flexibility index (Phi) is 3.38. The van der Waals surface area contributed by atoms with E-state index < -0.39 is 8.32 Å². The Hall–Kier alpha value is -0.753. The van der Waals surface area contributed by atoms with Crippen LogP contribution in [0.25, 0.3) is 0 Å². The summed E-state index contributed by atoms with van der Waals surface area (Å²) in [6.07, 6.45) is 1.66. The highest BCUT2D eigenvalue weighted by molar-refractivity contribution is 7.75. The monoisotopic (exact) mass is 230 g/mol. The molecule has 0 unspecified atom stereocenters. The van der Waals surface area contributed by atoms with Gasteiger partial charge in [0.2, 0.25) is 14.2 Å². The normalized spacial score (nSPS) is 11.2. The molecule has 0 bridgehead atoms. The Morgan fingerprint density at radius 3 is 2.50 bits per heavy atom. The van der Waals surface area contributed by atoms with Crippen LogP contribution in [0.4, 0.5) is 0 Å². The Morgan fingerprint density at radius 2 is 2.00 bits per heavy atom. The van der Waals surface area contributed by atoms with Crippen LogP contribution in [0.15, 0.2) is 6.20 Å². The molecule has 0 N–H and O–H groups in total. The maximum absolute atomic E-state index is 5.75. The minimum Gasteiger partial charge on any atom is -0.531 e. The van der Waals surface area contributed by atoms with Crippen molar-refractivity contribution in [1.29, 1.82) is 0 Å². The van der Waals surface area contributed by atoms with E-state index in [4.69, 9.17) is 4.43 Å². The summed E-state index contributed by atoms with van der Waals surface area (Å²) < 4.78 is 10.4. The molecule has 0 aliphatic carbocycles. The van der Waals surface area contributed by atoms with Gasteiger partial charge in [-0.3, -0.25) is 0 Å². The third-order valence-corrected chi connectivity index (χ3v) is 2.36. The van der Waals surface area contributed by atoms with Crippen molar-refractivity contribution in [3.8, 4) is 11.9 Å². The van der Waals surface area contributed by atoms with Crippen LogP contribution < -0.4 is 8.61 Å². The van der Waals surface area contributed by atoms with Crippen molar-refractivity contribution in [2.75, 3.05) is 0 Å². The van der Waals surface area contributed by atoms with Crippen LogP contribution in [0, 0.1) is 6.92 Å². The Labute approximate surface area is 90.4 Å². The Bertz CT molecular complexity index is 328. The average Bonchev–Trinajstić information content (AvgIpc) is 2.06. The number of hydrogen-bond donors (Lipinski definition) is 1. The highest BCUT2D eigenvalue weighted by atomic mass is 32.1. The highest BCUT2D eigenvalue weighted by Crippen LogP contribution is 2.20. The zero-order valence-corrected chi connectivity index (χ0v) is 10.6. The van der Waals surface area contributed by atoms with E-state index in [1.807, 2.05) is 6.92 Å². The largest absolute Gasteiger partial charge is 0.531 e. The van der Waals surface area contributed by atoms with Crippen molar-refractivity contribution in [2.45, 2.75) is 26.6 Å². The SMILES string of the molecule is Cc1cnc(OS)nc1O[Si](C)(C)C. The van der Waals surface area contributed by atoms with E-state index in [0.29, 0.717) is 5.88 Å². The second-order valence-electron chi connectivity index (χ2n) is 3.95. The average molecular weight is 230 g/mol. The minimum absolute atomic E-state index is 0.215. The summed E-state index contributed by atoms with van der Waals surface area (Å²) in [5.41, 5.74) is 0.904. The van der Waals surface area contributed by atoms with E-state index in [0.717, 1.165) is 5.56 Å². The smallest absolute Gasteiger partial charge is 0.331 e. The van der Waals surface area contributed by atoms with Crippen LogP contribution in [0.1, 0.15) is 5.56 Å². The van der Waals surface area contributed by atoms with Crippen LogP contribution in [-0.2, 0) is 0 Å². The summed E-state index contributed by atoms with van der Waals surface area (Å²) in [6.45, 7) is 8.18. The second-order valence-corrected chi connectivity index (χ2v) is 8.56. The zero-order chi connectivity index (χ0) is 10.8. The van der Waals surface area contributed by atoms with E-state index in [9.17, 15) is 0 Å². The second kappa shape index (κ2) is 4.18. The van der Waals surface area contributed by atoms with E-state index in [-0.39, 0.29) is 6.01 Å². The molecule has 0 aliphatic heterocycles. The van der Waals surface area contributed by atoms with Crippen molar-refractivity contribution in [3.63, 3.8) is 0 Å². The van der Waals surface area contributed by atoms with Gasteiger partial charge in [-0.05, 0) is 26.6 Å². The zero-order valence-electron chi connectivity index (χ0n) is 8.74. The molecule has 0 aliphatic rings. The van der Waals surface area contributed by atoms with Gasteiger partial charge in [-0.15, -0.1) is 0 Å². The molecule has 6 heteroatoms. The number of nitrogens with zero attached hydrogens (tertiary/aromatic N) is 2. The molecule has 0 amide bonds. The summed E-state index contributed by atoms with van der Waals surface area (Å²) in [6, 6.07) is 0.215. The van der Waals surface area contributed by atoms with E-state index in [2.05, 4.69) is 46.7 Å². The van der Waals surface area contributed by atoms with E-state index in [1.54, 1.807) is 6.20 Å². The molecular weight excluding hydrogens is 216 g/mol. The molecular formula is C8H14N2O2SSi. The molecule has 0 saturated heterocycles. The molecule has 1 heterocycles. The van der Waals surface area contributed by atoms with Crippen LogP contribution in [0.3, 0.4) is 0 Å². The topological polar surface area (TPSA) is 44.2 Å². The lowest BCUT2D eigenvalue weighted by Gasteiger charge is -2.19. The van der Waals surface area contributed by atoms with E-state index in [1.165, 1.54) is 0 Å². The molecule has 14 heavy (non-hydrogen) atoms. The first kappa shape index (κ1) is 11.3. The summed E-state index contributed by atoms with van der Waals surface area (Å²) >= 11 is 3.63. The maximum Gasteiger partial charge on any atom is 0.331 e. The van der Waals surface area contributed by atoms with Crippen LogP contribution in [-0.4, -0.2) is 18.3 Å². The van der Waals surface area contributed by atoms with Gasteiger partial charge in [0.15, 0.2) is 0 Å². The predicted octanol–water partition coefficient (Wildman–Crippen LogP) is 2.22. The minimum atomic E-state index is -1.64. The van der Waals surface area contributed by atoms with Crippen LogP contribution in [0.2, 0.25) is 19.6 Å². The van der Waals surface area contributed by atoms with Gasteiger partial charge in [0.25, 0.3) is 0 Å². The lowest BCUT2D eigenvalue weighted by Crippen LogP contribution is -2.30. The fourth-order valence-electron chi connectivity index (χ4n) is 0.848. The Balaban J connectivity index is 2.95. The Morgan fingerprint density at radius 1 is 1.36 bits per heavy atom. The van der Waals surface area contributed by atoms with Gasteiger partial charge >= 0.3 is 6.01 Å². The number of rotatable bonds is 3. The van der Waals surface area contributed by atoms with Crippen molar-refractivity contribution in [2.24, 2.45) is 0 Å². The molecule has 78 valence electrons. The quantitative estimate of drug-likeness (QED) is 0.491. The maximum atomic E-state index is 5.75. The van der Waals surface area contributed by atoms with Crippen LogP contribution >= 0.6 is 12.9 Å². The third kappa shape index (κ3) is 3.19. The molecule has 0 atom stereocenters. The first-order chi connectivity index (χ1) is 6.42. The molecule has 0 aromatic carbocycles. The van der Waals surface area contributed by atoms with Crippen molar-refractivity contribution < 1.29 is 8.61 Å². The summed E-state index contributed by atoms with van der Waals surface area (Å²) in [4.78, 5) is 7.99. The van der Waals surface area contributed by atoms with Gasteiger partial charge < -0.3 is 8.61 Å². The number of hydrogen-bond acceptors (Lipinski definition) is 5. The molecule has 4 nitrogen and oxygen atoms in total. The standard InChI is InChI=1S/C8H14N2O2SSi/c1-6-5-9-8(11-13)10-7(6)12-14(2,3)4/h5,13H,1-4H3. The molecule has 0 saturated carbocycles. The molecule has 0 fully saturated rings. The lowest BCUT2D eigenvalue weighted by molar-refractivity contribution is 0.503. The summed E-state index contributed by atoms with van der Waals surface area (Å²) in [5, 5.41) is 0. The molecule has 1 rings (SSSR count). The van der Waals surface area contributed by atoms with Gasteiger partial charge in [0.1, 0.15) is 0 Å². The molecule has 1 aromatic rings. The molecule has 0 radical (unpaired) electrons. The first-order valence-corrected chi connectivity index (χ1v) is 8.04. The van der Waals surface area contributed by atoms with E-state index >= 15 is 0 Å². The highest BCUT2D eigenvalue weighted by Gasteiger charge is 2.19. The third-order valence-electron chi connectivity index (χ3n) is 1.39.